The van der Waals surface area contributed by atoms with Gasteiger partial charge in [0, 0.05) is 19.2 Å². The molecule has 0 radical (unpaired) electrons. The number of ether oxygens (including phenoxy) is 1. The van der Waals surface area contributed by atoms with Crippen molar-refractivity contribution in [1.82, 2.24) is 4.90 Å². The zero-order valence-electron chi connectivity index (χ0n) is 16.7. The fourth-order valence-electron chi connectivity index (χ4n) is 3.49. The van der Waals surface area contributed by atoms with E-state index in [-0.39, 0.29) is 18.1 Å². The summed E-state index contributed by atoms with van der Waals surface area (Å²) < 4.78 is 6.33. The van der Waals surface area contributed by atoms with Gasteiger partial charge in [-0.25, -0.2) is 0 Å². The van der Waals surface area contributed by atoms with Gasteiger partial charge in [-0.05, 0) is 42.0 Å². The summed E-state index contributed by atoms with van der Waals surface area (Å²) in [6.45, 7) is 2.42. The van der Waals surface area contributed by atoms with E-state index in [1.165, 1.54) is 12.8 Å². The van der Waals surface area contributed by atoms with Gasteiger partial charge < -0.3 is 20.5 Å². The normalized spacial score (nSPS) is 21.1. The van der Waals surface area contributed by atoms with Crippen LogP contribution in [-0.4, -0.2) is 41.1 Å². The minimum absolute atomic E-state index is 0.0316. The standard InChI is InChI=1S/C21H24N2O2.C2H4O2/c22-18-10-6-15(7-11-18)12-21(24)23-13-19(16-4-2-1-3-5-16)25-20(14-23)17-8-9-17;1-2(3)4/h1-7,10-11,17,19-20H,8-9,12-14,22H2;1H3,(H,3,4)/t19-,20+;/m0./s1. The molecule has 154 valence electrons. The van der Waals surface area contributed by atoms with Crippen LogP contribution in [0.5, 0.6) is 0 Å². The highest BCUT2D eigenvalue weighted by Gasteiger charge is 2.39. The third-order valence-corrected chi connectivity index (χ3v) is 5.13. The van der Waals surface area contributed by atoms with Crippen molar-refractivity contribution in [2.24, 2.45) is 5.92 Å². The van der Waals surface area contributed by atoms with Crippen LogP contribution in [0.25, 0.3) is 0 Å². The van der Waals surface area contributed by atoms with Crippen molar-refractivity contribution in [3.05, 3.63) is 65.7 Å². The fraction of sp³-hybridized carbons (Fsp3) is 0.391. The minimum atomic E-state index is -0.833. The molecule has 1 aliphatic carbocycles. The maximum absolute atomic E-state index is 12.9. The summed E-state index contributed by atoms with van der Waals surface area (Å²) in [6, 6.07) is 17.8. The second-order valence-corrected chi connectivity index (χ2v) is 7.65. The second kappa shape index (κ2) is 9.56. The number of hydrogen-bond donors (Lipinski definition) is 2. The number of rotatable bonds is 4. The first-order valence-electron chi connectivity index (χ1n) is 9.94. The van der Waals surface area contributed by atoms with Crippen LogP contribution in [0.1, 0.15) is 37.0 Å². The number of nitrogens with zero attached hydrogens (tertiary/aromatic N) is 1. The molecule has 6 heteroatoms. The Bertz CT molecular complexity index is 815. The van der Waals surface area contributed by atoms with Crippen LogP contribution in [0, 0.1) is 5.92 Å². The first-order chi connectivity index (χ1) is 13.9. The molecule has 2 atom stereocenters. The van der Waals surface area contributed by atoms with Crippen molar-refractivity contribution in [3.8, 4) is 0 Å². The van der Waals surface area contributed by atoms with Crippen molar-refractivity contribution in [3.63, 3.8) is 0 Å². The number of nitrogen functional groups attached to an aromatic ring is 1. The number of benzene rings is 2. The average Bonchev–Trinajstić information content (AvgIpc) is 3.55. The molecule has 2 aromatic rings. The van der Waals surface area contributed by atoms with Gasteiger partial charge in [0.05, 0.1) is 19.1 Å². The van der Waals surface area contributed by atoms with Gasteiger partial charge in [-0.1, -0.05) is 42.5 Å². The summed E-state index contributed by atoms with van der Waals surface area (Å²) in [5.74, 6) is -0.0574. The van der Waals surface area contributed by atoms with Gasteiger partial charge in [0.1, 0.15) is 6.10 Å². The van der Waals surface area contributed by atoms with E-state index in [1.54, 1.807) is 0 Å². The molecule has 2 aromatic carbocycles. The van der Waals surface area contributed by atoms with Gasteiger partial charge in [-0.15, -0.1) is 0 Å². The largest absolute Gasteiger partial charge is 0.481 e. The summed E-state index contributed by atoms with van der Waals surface area (Å²) in [6.07, 6.45) is 2.97. The molecule has 1 saturated heterocycles. The van der Waals surface area contributed by atoms with Gasteiger partial charge in [0.15, 0.2) is 0 Å². The smallest absolute Gasteiger partial charge is 0.300 e. The highest BCUT2D eigenvalue weighted by atomic mass is 16.5. The molecule has 4 rings (SSSR count). The predicted molar refractivity (Wildman–Crippen MR) is 111 cm³/mol. The average molecular weight is 396 g/mol. The first kappa shape index (κ1) is 20.9. The zero-order valence-corrected chi connectivity index (χ0v) is 16.7. The van der Waals surface area contributed by atoms with Crippen LogP contribution in [-0.2, 0) is 20.7 Å². The van der Waals surface area contributed by atoms with Crippen LogP contribution >= 0.6 is 0 Å². The van der Waals surface area contributed by atoms with E-state index < -0.39 is 5.97 Å². The molecular weight excluding hydrogens is 368 g/mol. The Morgan fingerprint density at radius 1 is 1.07 bits per heavy atom. The molecule has 0 unspecified atom stereocenters. The van der Waals surface area contributed by atoms with E-state index in [2.05, 4.69) is 12.1 Å². The number of anilines is 1. The number of carboxylic acids is 1. The van der Waals surface area contributed by atoms with Crippen molar-refractivity contribution < 1.29 is 19.4 Å². The maximum atomic E-state index is 12.9. The van der Waals surface area contributed by atoms with E-state index in [0.29, 0.717) is 25.4 Å². The van der Waals surface area contributed by atoms with Gasteiger partial charge in [-0.2, -0.15) is 0 Å². The molecule has 29 heavy (non-hydrogen) atoms. The number of hydrogen-bond acceptors (Lipinski definition) is 4. The van der Waals surface area contributed by atoms with Gasteiger partial charge in [0.2, 0.25) is 5.91 Å². The van der Waals surface area contributed by atoms with E-state index in [9.17, 15) is 4.79 Å². The van der Waals surface area contributed by atoms with E-state index in [1.807, 2.05) is 47.4 Å². The Kier molecular flexibility index (Phi) is 6.88. The van der Waals surface area contributed by atoms with E-state index >= 15 is 0 Å². The summed E-state index contributed by atoms with van der Waals surface area (Å²) in [5, 5.41) is 7.42. The third-order valence-electron chi connectivity index (χ3n) is 5.13. The predicted octanol–water partition coefficient (Wildman–Crippen LogP) is 3.28. The monoisotopic (exact) mass is 396 g/mol. The molecule has 0 aromatic heterocycles. The first-order valence-corrected chi connectivity index (χ1v) is 9.94. The number of amides is 1. The van der Waals surface area contributed by atoms with Crippen LogP contribution in [0.3, 0.4) is 0 Å². The number of carbonyl (C=O) groups is 2. The lowest BCUT2D eigenvalue weighted by atomic mass is 10.0. The number of aliphatic carboxylic acids is 1. The van der Waals surface area contributed by atoms with Crippen molar-refractivity contribution in [2.75, 3.05) is 18.8 Å². The molecule has 0 spiro atoms. The van der Waals surface area contributed by atoms with E-state index in [4.69, 9.17) is 20.4 Å². The molecule has 1 amide bonds. The highest BCUT2D eigenvalue weighted by molar-refractivity contribution is 5.79. The topological polar surface area (TPSA) is 92.9 Å². The summed E-state index contributed by atoms with van der Waals surface area (Å²) in [4.78, 5) is 23.8. The number of carboxylic acid groups (broad SMARTS) is 1. The number of carbonyl (C=O) groups excluding carboxylic acids is 1. The summed E-state index contributed by atoms with van der Waals surface area (Å²) in [5.41, 5.74) is 8.61. The van der Waals surface area contributed by atoms with Crippen molar-refractivity contribution in [1.29, 1.82) is 0 Å². The van der Waals surface area contributed by atoms with Crippen molar-refractivity contribution in [2.45, 2.75) is 38.4 Å². The Morgan fingerprint density at radius 3 is 2.28 bits per heavy atom. The van der Waals surface area contributed by atoms with Crippen LogP contribution in [0.4, 0.5) is 5.69 Å². The number of morpholine rings is 1. The molecule has 1 aliphatic heterocycles. The molecule has 1 saturated carbocycles. The minimum Gasteiger partial charge on any atom is -0.481 e. The lowest BCUT2D eigenvalue weighted by molar-refractivity contribution is -0.147. The fourth-order valence-corrected chi connectivity index (χ4v) is 3.49. The Morgan fingerprint density at radius 2 is 1.69 bits per heavy atom. The number of nitrogens with two attached hydrogens (primary N) is 1. The third kappa shape index (κ3) is 6.32. The molecule has 2 fully saturated rings. The SMILES string of the molecule is CC(=O)O.Nc1ccc(CC(=O)N2C[C@@H](c3ccccc3)O[C@@H](C3CC3)C2)cc1. The Balaban J connectivity index is 0.000000552. The lowest BCUT2D eigenvalue weighted by Crippen LogP contribution is -2.48. The Labute approximate surface area is 171 Å². The van der Waals surface area contributed by atoms with Crippen molar-refractivity contribution >= 4 is 17.6 Å². The van der Waals surface area contributed by atoms with Crippen LogP contribution in [0.2, 0.25) is 0 Å². The summed E-state index contributed by atoms with van der Waals surface area (Å²) in [7, 11) is 0. The van der Waals surface area contributed by atoms with Gasteiger partial charge in [-0.3, -0.25) is 9.59 Å². The van der Waals surface area contributed by atoms with Gasteiger partial charge in [0.25, 0.3) is 5.97 Å². The maximum Gasteiger partial charge on any atom is 0.300 e. The lowest BCUT2D eigenvalue weighted by Gasteiger charge is -2.38. The quantitative estimate of drug-likeness (QED) is 0.774. The van der Waals surface area contributed by atoms with Crippen LogP contribution in [0.15, 0.2) is 54.6 Å². The molecule has 0 bridgehead atoms. The summed E-state index contributed by atoms with van der Waals surface area (Å²) >= 11 is 0. The molecule has 3 N–H and O–H groups in total. The van der Waals surface area contributed by atoms with Gasteiger partial charge >= 0.3 is 0 Å². The van der Waals surface area contributed by atoms with E-state index in [0.717, 1.165) is 23.7 Å². The highest BCUT2D eigenvalue weighted by Crippen LogP contribution is 2.39. The second-order valence-electron chi connectivity index (χ2n) is 7.65. The molecule has 2 aliphatic rings. The zero-order chi connectivity index (χ0) is 20.8. The van der Waals surface area contributed by atoms with Crippen LogP contribution < -0.4 is 5.73 Å². The molecule has 1 heterocycles. The molecule has 6 nitrogen and oxygen atoms in total. The Hall–Kier alpha value is -2.86. The molecular formula is C23H28N2O4.